The molecule has 0 unspecified atom stereocenters. The summed E-state index contributed by atoms with van der Waals surface area (Å²) in [5, 5.41) is -0.338. The zero-order chi connectivity index (χ0) is 30.3. The number of hydrogen-bond donors (Lipinski definition) is 0. The van der Waals surface area contributed by atoms with Crippen molar-refractivity contribution < 1.29 is 30.7 Å². The highest BCUT2D eigenvalue weighted by Crippen LogP contribution is 2.37. The third-order valence-corrected chi connectivity index (χ3v) is 8.32. The number of alkyl halides is 3. The van der Waals surface area contributed by atoms with Crippen LogP contribution in [0.5, 0.6) is 5.75 Å². The average molecular weight is 620 g/mol. The van der Waals surface area contributed by atoms with Crippen LogP contribution in [0.1, 0.15) is 34.6 Å². The highest BCUT2D eigenvalue weighted by molar-refractivity contribution is 7.90. The van der Waals surface area contributed by atoms with Gasteiger partial charge in [-0.2, -0.15) is 13.2 Å². The summed E-state index contributed by atoms with van der Waals surface area (Å²) in [6, 6.07) is 26.9. The second-order valence-electron chi connectivity index (χ2n) is 9.98. The van der Waals surface area contributed by atoms with E-state index in [1.165, 1.54) is 12.1 Å². The Kier molecular flexibility index (Phi) is 10.3. The van der Waals surface area contributed by atoms with E-state index in [1.807, 2.05) is 65.6 Å². The quantitative estimate of drug-likeness (QED) is 0.119. The van der Waals surface area contributed by atoms with E-state index in [1.54, 1.807) is 6.07 Å². The number of sulfone groups is 1. The summed E-state index contributed by atoms with van der Waals surface area (Å²) in [5.74, 6) is -0.741. The van der Waals surface area contributed by atoms with Gasteiger partial charge < -0.3 is 4.74 Å². The molecule has 0 aliphatic rings. The first-order valence-corrected chi connectivity index (χ1v) is 15.5. The van der Waals surface area contributed by atoms with Crippen LogP contribution < -0.4 is 4.74 Å². The van der Waals surface area contributed by atoms with Crippen LogP contribution in [-0.4, -0.2) is 39.3 Å². The van der Waals surface area contributed by atoms with Crippen molar-refractivity contribution in [1.29, 1.82) is 0 Å². The molecule has 0 spiro atoms. The molecular formula is C32H30ClF4NO3S. The lowest BCUT2D eigenvalue weighted by atomic mass is 9.90. The van der Waals surface area contributed by atoms with Gasteiger partial charge in [-0.25, -0.2) is 12.8 Å². The zero-order valence-electron chi connectivity index (χ0n) is 22.8. The maximum atomic E-state index is 14.0. The first-order valence-electron chi connectivity index (χ1n) is 13.2. The van der Waals surface area contributed by atoms with Crippen LogP contribution in [0.4, 0.5) is 17.6 Å². The smallest absolute Gasteiger partial charge is 0.417 e. The van der Waals surface area contributed by atoms with E-state index in [0.717, 1.165) is 35.6 Å². The highest BCUT2D eigenvalue weighted by Gasteiger charge is 2.34. The number of benzene rings is 4. The molecule has 0 fully saturated rings. The van der Waals surface area contributed by atoms with Gasteiger partial charge in [0.15, 0.2) is 9.84 Å². The molecule has 0 N–H and O–H groups in total. The second kappa shape index (κ2) is 13.7. The molecule has 4 nitrogen and oxygen atoms in total. The standard InChI is InChI=1S/C32H30ClF4NO3S/c1-42(39,40)28-19-26(34)18-27(20-28)41-17-9-16-38(21-25-14-8-15-30(31(25)33)32(35,36)37)22-29(23-10-4-2-5-11-23)24-12-6-3-7-13-24/h2-8,10-15,18-20,29H,9,16-17,21-22H2,1H3. The Bertz CT molecular complexity index is 1540. The molecule has 0 aromatic heterocycles. The molecule has 4 rings (SSSR count). The van der Waals surface area contributed by atoms with E-state index in [9.17, 15) is 26.0 Å². The van der Waals surface area contributed by atoms with Crippen molar-refractivity contribution in [2.24, 2.45) is 0 Å². The van der Waals surface area contributed by atoms with Crippen molar-refractivity contribution in [1.82, 2.24) is 4.90 Å². The molecule has 0 saturated carbocycles. The van der Waals surface area contributed by atoms with Gasteiger partial charge in [-0.05, 0) is 41.3 Å². The molecule has 222 valence electrons. The van der Waals surface area contributed by atoms with Gasteiger partial charge in [-0.3, -0.25) is 4.90 Å². The molecule has 0 amide bonds. The average Bonchev–Trinajstić information content (AvgIpc) is 2.94. The number of nitrogens with zero attached hydrogens (tertiary/aromatic N) is 1. The van der Waals surface area contributed by atoms with E-state index >= 15 is 0 Å². The Balaban J connectivity index is 1.58. The van der Waals surface area contributed by atoms with Crippen LogP contribution in [0.15, 0.2) is 102 Å². The fourth-order valence-electron chi connectivity index (χ4n) is 4.74. The Hall–Kier alpha value is -3.40. The predicted octanol–water partition coefficient (Wildman–Crippen LogP) is 8.00. The minimum Gasteiger partial charge on any atom is -0.493 e. The predicted molar refractivity (Wildman–Crippen MR) is 156 cm³/mol. The number of rotatable bonds is 12. The second-order valence-corrected chi connectivity index (χ2v) is 12.4. The Morgan fingerprint density at radius 1 is 0.881 bits per heavy atom. The third kappa shape index (κ3) is 8.56. The highest BCUT2D eigenvalue weighted by atomic mass is 35.5. The van der Waals surface area contributed by atoms with Crippen molar-refractivity contribution in [2.45, 2.75) is 30.0 Å². The summed E-state index contributed by atoms with van der Waals surface area (Å²) < 4.78 is 84.2. The molecule has 10 heteroatoms. The van der Waals surface area contributed by atoms with Gasteiger partial charge in [-0.15, -0.1) is 0 Å². The summed E-state index contributed by atoms with van der Waals surface area (Å²) >= 11 is 6.26. The summed E-state index contributed by atoms with van der Waals surface area (Å²) in [7, 11) is -3.63. The van der Waals surface area contributed by atoms with Crippen LogP contribution >= 0.6 is 11.6 Å². The molecule has 4 aromatic carbocycles. The monoisotopic (exact) mass is 619 g/mol. The lowest BCUT2D eigenvalue weighted by molar-refractivity contribution is -0.137. The molecule has 42 heavy (non-hydrogen) atoms. The van der Waals surface area contributed by atoms with Crippen LogP contribution in [0.3, 0.4) is 0 Å². The van der Waals surface area contributed by atoms with Crippen molar-refractivity contribution in [3.05, 3.63) is 130 Å². The Morgan fingerprint density at radius 3 is 2.07 bits per heavy atom. The van der Waals surface area contributed by atoms with E-state index < -0.39 is 27.4 Å². The molecule has 0 bridgehead atoms. The van der Waals surface area contributed by atoms with Crippen molar-refractivity contribution >= 4 is 21.4 Å². The van der Waals surface area contributed by atoms with Crippen LogP contribution in [0, 0.1) is 5.82 Å². The zero-order valence-corrected chi connectivity index (χ0v) is 24.4. The molecular weight excluding hydrogens is 590 g/mol. The fourth-order valence-corrected chi connectivity index (χ4v) is 5.69. The molecule has 0 radical (unpaired) electrons. The molecule has 0 heterocycles. The molecule has 0 atom stereocenters. The van der Waals surface area contributed by atoms with Gasteiger partial charge in [0, 0.05) is 37.9 Å². The largest absolute Gasteiger partial charge is 0.493 e. The summed E-state index contributed by atoms with van der Waals surface area (Å²) in [6.45, 7) is 1.16. The van der Waals surface area contributed by atoms with E-state index in [0.29, 0.717) is 25.1 Å². The van der Waals surface area contributed by atoms with Gasteiger partial charge >= 0.3 is 6.18 Å². The summed E-state index contributed by atoms with van der Waals surface area (Å²) in [4.78, 5) is 1.83. The fraction of sp³-hybridized carbons (Fsp3) is 0.250. The van der Waals surface area contributed by atoms with Crippen LogP contribution in [0.2, 0.25) is 5.02 Å². The molecule has 0 aliphatic heterocycles. The summed E-state index contributed by atoms with van der Waals surface area (Å²) in [6.07, 6.45) is -3.17. The van der Waals surface area contributed by atoms with E-state index in [2.05, 4.69) is 0 Å². The van der Waals surface area contributed by atoms with Gasteiger partial charge in [0.2, 0.25) is 0 Å². The van der Waals surface area contributed by atoms with Gasteiger partial charge in [0.25, 0.3) is 0 Å². The minimum atomic E-state index is -4.59. The van der Waals surface area contributed by atoms with Crippen LogP contribution in [0.25, 0.3) is 0 Å². The van der Waals surface area contributed by atoms with Crippen molar-refractivity contribution in [3.8, 4) is 5.75 Å². The lowest BCUT2D eigenvalue weighted by Gasteiger charge is -2.29. The third-order valence-electron chi connectivity index (χ3n) is 6.78. The molecule has 0 aliphatic carbocycles. The van der Waals surface area contributed by atoms with Gasteiger partial charge in [-0.1, -0.05) is 84.4 Å². The molecule has 4 aromatic rings. The number of ether oxygens (including phenoxy) is 1. The van der Waals surface area contributed by atoms with Gasteiger partial charge in [0.05, 0.1) is 22.1 Å². The first kappa shape index (κ1) is 31.5. The lowest BCUT2D eigenvalue weighted by Crippen LogP contribution is -2.31. The number of hydrogen-bond acceptors (Lipinski definition) is 4. The van der Waals surface area contributed by atoms with Crippen LogP contribution in [-0.2, 0) is 22.6 Å². The van der Waals surface area contributed by atoms with Crippen molar-refractivity contribution in [2.75, 3.05) is 26.0 Å². The molecule has 0 saturated heterocycles. The first-order chi connectivity index (χ1) is 19.9. The van der Waals surface area contributed by atoms with Crippen molar-refractivity contribution in [3.63, 3.8) is 0 Å². The number of halogens is 5. The Morgan fingerprint density at radius 2 is 1.50 bits per heavy atom. The Labute approximate surface area is 248 Å². The maximum Gasteiger partial charge on any atom is 0.417 e. The van der Waals surface area contributed by atoms with Gasteiger partial charge in [0.1, 0.15) is 11.6 Å². The van der Waals surface area contributed by atoms with E-state index in [4.69, 9.17) is 16.3 Å². The normalized spacial score (nSPS) is 12.2. The maximum absolute atomic E-state index is 14.0. The summed E-state index contributed by atoms with van der Waals surface area (Å²) in [5.41, 5.74) is 1.55. The topological polar surface area (TPSA) is 46.6 Å². The minimum absolute atomic E-state index is 0.0781. The SMILES string of the molecule is CS(=O)(=O)c1cc(F)cc(OCCCN(Cc2cccc(C(F)(F)F)c2Cl)CC(c2ccccc2)c2ccccc2)c1. The van der Waals surface area contributed by atoms with E-state index in [-0.39, 0.29) is 34.7 Å².